The zero-order valence-corrected chi connectivity index (χ0v) is 18.1. The van der Waals surface area contributed by atoms with Crippen LogP contribution in [0.2, 0.25) is 0 Å². The van der Waals surface area contributed by atoms with E-state index in [1.165, 1.54) is 17.2 Å². The molecule has 0 saturated carbocycles. The monoisotopic (exact) mass is 476 g/mol. The third-order valence-corrected chi connectivity index (χ3v) is 5.49. The van der Waals surface area contributed by atoms with Crippen molar-refractivity contribution in [2.45, 2.75) is 12.2 Å². The van der Waals surface area contributed by atoms with Crippen molar-refractivity contribution in [2.24, 2.45) is 0 Å². The Morgan fingerprint density at radius 3 is 2.89 bits per heavy atom. The minimum atomic E-state index is -1.63. The number of fused-ring (bicyclic) bond motifs is 3. The van der Waals surface area contributed by atoms with E-state index < -0.39 is 23.7 Å². The van der Waals surface area contributed by atoms with Crippen LogP contribution in [0.1, 0.15) is 11.9 Å². The second-order valence-corrected chi connectivity index (χ2v) is 7.67. The number of carbonyl (C=O) groups excluding carboxylic acids is 1. The summed E-state index contributed by atoms with van der Waals surface area (Å²) in [4.78, 5) is 38.9. The Morgan fingerprint density at radius 1 is 1.29 bits per heavy atom. The molecule has 1 aromatic carbocycles. The lowest BCUT2D eigenvalue weighted by atomic mass is 10.1. The van der Waals surface area contributed by atoms with E-state index in [1.807, 2.05) is 0 Å². The van der Waals surface area contributed by atoms with Crippen LogP contribution in [0.3, 0.4) is 0 Å². The van der Waals surface area contributed by atoms with Gasteiger partial charge in [-0.05, 0) is 30.3 Å². The number of anilines is 2. The number of nitrogens with two attached hydrogens (primary N) is 1. The number of hydrogen-bond donors (Lipinski definition) is 5. The number of carbonyl (C=O) groups is 1. The molecule has 35 heavy (non-hydrogen) atoms. The van der Waals surface area contributed by atoms with Gasteiger partial charge < -0.3 is 25.4 Å². The van der Waals surface area contributed by atoms with Crippen molar-refractivity contribution in [3.63, 3.8) is 0 Å². The molecule has 0 radical (unpaired) electrons. The summed E-state index contributed by atoms with van der Waals surface area (Å²) in [6.45, 7) is 0.196. The first kappa shape index (κ1) is 22.2. The lowest BCUT2D eigenvalue weighted by Crippen LogP contribution is -2.52. The number of aliphatic hydroxyl groups is 1. The number of H-pyrrole nitrogens is 1. The largest absolute Gasteiger partial charge is 0.382 e. The highest BCUT2D eigenvalue weighted by molar-refractivity contribution is 6.06. The molecule has 0 aliphatic carbocycles. The summed E-state index contributed by atoms with van der Waals surface area (Å²) >= 11 is 0. The number of benzene rings is 1. The molecule has 13 nitrogen and oxygen atoms in total. The van der Waals surface area contributed by atoms with E-state index in [9.17, 15) is 14.7 Å². The average molecular weight is 476 g/mol. The van der Waals surface area contributed by atoms with Gasteiger partial charge in [0.15, 0.2) is 17.5 Å². The Morgan fingerprint density at radius 2 is 2.09 bits per heavy atom. The van der Waals surface area contributed by atoms with Gasteiger partial charge in [0.1, 0.15) is 23.1 Å². The molecule has 3 aromatic heterocycles. The first-order valence-corrected chi connectivity index (χ1v) is 10.5. The maximum Gasteiger partial charge on any atom is 0.284 e. The van der Waals surface area contributed by atoms with E-state index in [2.05, 4.69) is 25.4 Å². The number of aliphatic hydroxyl groups excluding tert-OH is 1. The van der Waals surface area contributed by atoms with Crippen LogP contribution in [0.15, 0.2) is 58.3 Å². The van der Waals surface area contributed by atoms with E-state index in [4.69, 9.17) is 20.4 Å². The van der Waals surface area contributed by atoms with Crippen molar-refractivity contribution in [1.29, 1.82) is 5.41 Å². The van der Waals surface area contributed by atoms with Gasteiger partial charge in [0, 0.05) is 24.3 Å². The van der Waals surface area contributed by atoms with Gasteiger partial charge in [-0.3, -0.25) is 24.9 Å². The first-order valence-electron chi connectivity index (χ1n) is 10.5. The standard InChI is InChI=1S/C22H20N8O5/c23-14(5-8-26-11-3-6-25-7-4-11)30-9-10-34-18(22(30)33)16(31)20-27-13-2-1-12-17(35-29-19(12)24)15(13)21(32)28-20/h1-8,16,18,23,29,31H,9-10,24H2,(H,25,26)/b8-5-,23-14?. The number of pyridine rings is 1. The number of aromatic amines is 1. The molecule has 178 valence electrons. The normalized spacial score (nSPS) is 17.3. The van der Waals surface area contributed by atoms with Crippen molar-refractivity contribution in [1.82, 2.24) is 25.0 Å². The fraction of sp³-hybridized carbons (Fsp3) is 0.182. The Hall–Kier alpha value is -4.62. The molecule has 1 aliphatic heterocycles. The quantitative estimate of drug-likeness (QED) is 0.204. The number of morpholine rings is 1. The van der Waals surface area contributed by atoms with Gasteiger partial charge in [-0.25, -0.2) is 10.1 Å². The van der Waals surface area contributed by atoms with Gasteiger partial charge in [0.2, 0.25) is 0 Å². The SMILES string of the molecule is N=C(/C=C\Nc1ccncc1)N1CCOC(C(O)c2nc(=O)c3c(ccc4c(N)[nH]oc43)n2)C1=O. The zero-order chi connectivity index (χ0) is 24.5. The van der Waals surface area contributed by atoms with Crippen LogP contribution >= 0.6 is 0 Å². The Kier molecular flexibility index (Phi) is 5.68. The molecule has 5 rings (SSSR count). The van der Waals surface area contributed by atoms with E-state index in [1.54, 1.807) is 36.7 Å². The van der Waals surface area contributed by atoms with Crippen molar-refractivity contribution in [3.8, 4) is 0 Å². The van der Waals surface area contributed by atoms with Crippen LogP contribution in [-0.4, -0.2) is 61.1 Å². The number of aromatic nitrogens is 4. The van der Waals surface area contributed by atoms with Crippen LogP contribution in [0.4, 0.5) is 11.5 Å². The van der Waals surface area contributed by atoms with Crippen molar-refractivity contribution in [3.05, 3.63) is 65.1 Å². The Labute approximate surface area is 196 Å². The average Bonchev–Trinajstić information content (AvgIpc) is 3.24. The molecule has 2 atom stereocenters. The molecule has 1 aliphatic rings. The molecule has 1 amide bonds. The molecule has 2 unspecified atom stereocenters. The minimum absolute atomic E-state index is 0.0708. The van der Waals surface area contributed by atoms with E-state index in [-0.39, 0.29) is 47.1 Å². The van der Waals surface area contributed by atoms with Crippen molar-refractivity contribution >= 4 is 45.1 Å². The van der Waals surface area contributed by atoms with Gasteiger partial charge >= 0.3 is 0 Å². The molecule has 1 saturated heterocycles. The number of rotatable bonds is 5. The molecule has 1 fully saturated rings. The van der Waals surface area contributed by atoms with E-state index >= 15 is 0 Å². The molecule has 4 aromatic rings. The van der Waals surface area contributed by atoms with E-state index in [0.717, 1.165) is 5.69 Å². The Bertz CT molecular complexity index is 1510. The highest BCUT2D eigenvalue weighted by atomic mass is 16.5. The number of nitrogens with zero attached hydrogens (tertiary/aromatic N) is 4. The van der Waals surface area contributed by atoms with Gasteiger partial charge in [0.05, 0.1) is 24.1 Å². The maximum absolute atomic E-state index is 13.0. The summed E-state index contributed by atoms with van der Waals surface area (Å²) in [5.74, 6) is -0.775. The van der Waals surface area contributed by atoms with Gasteiger partial charge in [0.25, 0.3) is 11.5 Å². The maximum atomic E-state index is 13.0. The third-order valence-electron chi connectivity index (χ3n) is 5.49. The smallest absolute Gasteiger partial charge is 0.284 e. The molecule has 0 bridgehead atoms. The lowest BCUT2D eigenvalue weighted by molar-refractivity contribution is -0.157. The third kappa shape index (κ3) is 4.09. The Balaban J connectivity index is 1.36. The van der Waals surface area contributed by atoms with Gasteiger partial charge in [-0.2, -0.15) is 4.98 Å². The lowest BCUT2D eigenvalue weighted by Gasteiger charge is -2.33. The minimum Gasteiger partial charge on any atom is -0.382 e. The number of ether oxygens (including phenoxy) is 1. The van der Waals surface area contributed by atoms with Crippen LogP contribution in [-0.2, 0) is 9.53 Å². The highest BCUT2D eigenvalue weighted by Gasteiger charge is 2.38. The van der Waals surface area contributed by atoms with Crippen LogP contribution < -0.4 is 16.6 Å². The van der Waals surface area contributed by atoms with Gasteiger partial charge in [-0.15, -0.1) is 0 Å². The summed E-state index contributed by atoms with van der Waals surface area (Å²) in [6.07, 6.45) is 3.14. The van der Waals surface area contributed by atoms with Crippen LogP contribution in [0.25, 0.3) is 21.9 Å². The van der Waals surface area contributed by atoms with Crippen LogP contribution in [0.5, 0.6) is 0 Å². The highest BCUT2D eigenvalue weighted by Crippen LogP contribution is 2.27. The van der Waals surface area contributed by atoms with Crippen molar-refractivity contribution in [2.75, 3.05) is 24.2 Å². The second-order valence-electron chi connectivity index (χ2n) is 7.67. The predicted octanol–water partition coefficient (Wildman–Crippen LogP) is 0.905. The van der Waals surface area contributed by atoms with E-state index in [0.29, 0.717) is 5.39 Å². The fourth-order valence-corrected chi connectivity index (χ4v) is 3.75. The summed E-state index contributed by atoms with van der Waals surface area (Å²) < 4.78 is 10.7. The number of nitrogens with one attached hydrogen (secondary N) is 3. The summed E-state index contributed by atoms with van der Waals surface area (Å²) in [5.41, 5.74) is 6.26. The topological polar surface area (TPSA) is 196 Å². The molecule has 13 heteroatoms. The van der Waals surface area contributed by atoms with Crippen molar-refractivity contribution < 1.29 is 19.2 Å². The number of hydrogen-bond acceptors (Lipinski definition) is 11. The molecular formula is C22H20N8O5. The molecule has 6 N–H and O–H groups in total. The summed E-state index contributed by atoms with van der Waals surface area (Å²) in [5, 5.41) is 25.2. The van der Waals surface area contributed by atoms with Gasteiger partial charge in [-0.1, -0.05) is 0 Å². The summed E-state index contributed by atoms with van der Waals surface area (Å²) in [7, 11) is 0. The summed E-state index contributed by atoms with van der Waals surface area (Å²) in [6, 6.07) is 6.66. The molecular weight excluding hydrogens is 456 g/mol. The first-order chi connectivity index (χ1) is 16.9. The fourth-order valence-electron chi connectivity index (χ4n) is 3.75. The zero-order valence-electron chi connectivity index (χ0n) is 18.1. The number of amidine groups is 1. The molecule has 0 spiro atoms. The molecule has 4 heterocycles. The number of nitrogen functional groups attached to an aromatic ring is 1. The predicted molar refractivity (Wildman–Crippen MR) is 125 cm³/mol. The second kappa shape index (κ2) is 8.96. The number of amides is 1. The van der Waals surface area contributed by atoms with Crippen LogP contribution in [0, 0.1) is 5.41 Å².